The molecule has 0 aliphatic heterocycles. The van der Waals surface area contributed by atoms with Gasteiger partial charge >= 0.3 is 0 Å². The van der Waals surface area contributed by atoms with Gasteiger partial charge in [-0.3, -0.25) is 0 Å². The highest BCUT2D eigenvalue weighted by molar-refractivity contribution is 7.98. The van der Waals surface area contributed by atoms with E-state index in [9.17, 15) is 5.26 Å². The Morgan fingerprint density at radius 3 is 2.43 bits per heavy atom. The minimum atomic E-state index is 0.0274. The minimum absolute atomic E-state index is 0.0274. The van der Waals surface area contributed by atoms with Crippen LogP contribution in [0, 0.1) is 22.7 Å². The molecule has 0 radical (unpaired) electrons. The van der Waals surface area contributed by atoms with E-state index in [4.69, 9.17) is 5.26 Å². The molecule has 4 nitrogen and oxygen atoms in total. The van der Waals surface area contributed by atoms with E-state index >= 15 is 0 Å². The molecule has 1 heterocycles. The lowest BCUT2D eigenvalue weighted by Crippen LogP contribution is -2.04. The van der Waals surface area contributed by atoms with Crippen molar-refractivity contribution in [2.75, 3.05) is 0 Å². The normalized spacial score (nSPS) is 11.6. The van der Waals surface area contributed by atoms with Crippen molar-refractivity contribution in [3.8, 4) is 23.3 Å². The van der Waals surface area contributed by atoms with Gasteiger partial charge in [0, 0.05) is 24.6 Å². The predicted molar refractivity (Wildman–Crippen MR) is 142 cm³/mol. The Hall–Kier alpha value is -4.32. The Bertz CT molecular complexity index is 1580. The van der Waals surface area contributed by atoms with Crippen LogP contribution in [0.1, 0.15) is 33.2 Å². The van der Waals surface area contributed by atoms with Gasteiger partial charge in [-0.2, -0.15) is 10.5 Å². The minimum Gasteiger partial charge on any atom is -0.336 e. The van der Waals surface area contributed by atoms with E-state index in [2.05, 4.69) is 53.5 Å². The molecule has 0 amide bonds. The Morgan fingerprint density at radius 2 is 1.69 bits per heavy atom. The molecule has 0 saturated heterocycles. The standard InChI is InChI=1S/C30H22N4S/c1-34-20-33-18-29(34)30(35-19-22-11-9-21(16-31)10-12-22)24-13-14-25(17-32)28(15-24)27-8-4-6-23-5-2-3-7-26(23)27/h2-15,18,20,30H,19H2,1H3. The number of aromatic nitrogens is 2. The molecule has 5 rings (SSSR count). The highest BCUT2D eigenvalue weighted by atomic mass is 32.2. The van der Waals surface area contributed by atoms with Gasteiger partial charge in [-0.15, -0.1) is 11.8 Å². The third-order valence-electron chi connectivity index (χ3n) is 6.17. The van der Waals surface area contributed by atoms with Crippen molar-refractivity contribution in [2.24, 2.45) is 7.05 Å². The predicted octanol–water partition coefficient (Wildman–Crippen LogP) is 7.01. The molecule has 0 aliphatic carbocycles. The van der Waals surface area contributed by atoms with Crippen LogP contribution in [0.5, 0.6) is 0 Å². The van der Waals surface area contributed by atoms with Crippen LogP contribution >= 0.6 is 11.8 Å². The van der Waals surface area contributed by atoms with Crippen molar-refractivity contribution in [1.29, 1.82) is 10.5 Å². The van der Waals surface area contributed by atoms with Crippen LogP contribution in [-0.4, -0.2) is 9.55 Å². The van der Waals surface area contributed by atoms with Crippen LogP contribution in [0.25, 0.3) is 21.9 Å². The van der Waals surface area contributed by atoms with Crippen LogP contribution in [0.2, 0.25) is 0 Å². The smallest absolute Gasteiger partial charge is 0.0998 e. The van der Waals surface area contributed by atoms with E-state index in [0.717, 1.165) is 44.5 Å². The van der Waals surface area contributed by atoms with Crippen LogP contribution in [0.3, 0.4) is 0 Å². The molecule has 5 heteroatoms. The van der Waals surface area contributed by atoms with Crippen LogP contribution in [0.15, 0.2) is 97.5 Å². The fourth-order valence-electron chi connectivity index (χ4n) is 4.33. The Kier molecular flexibility index (Phi) is 6.35. The fourth-order valence-corrected chi connectivity index (χ4v) is 5.62. The number of nitrogens with zero attached hydrogens (tertiary/aromatic N) is 4. The molecule has 0 N–H and O–H groups in total. The summed E-state index contributed by atoms with van der Waals surface area (Å²) < 4.78 is 2.05. The van der Waals surface area contributed by atoms with Gasteiger partial charge in [-0.05, 0) is 51.7 Å². The molecule has 0 fully saturated rings. The molecule has 0 aliphatic rings. The first kappa shape index (κ1) is 22.5. The number of hydrogen-bond donors (Lipinski definition) is 0. The van der Waals surface area contributed by atoms with Gasteiger partial charge in [0.15, 0.2) is 0 Å². The molecule has 35 heavy (non-hydrogen) atoms. The molecule has 0 bridgehead atoms. The average Bonchev–Trinajstić information content (AvgIpc) is 3.34. The van der Waals surface area contributed by atoms with Crippen LogP contribution in [-0.2, 0) is 12.8 Å². The highest BCUT2D eigenvalue weighted by Gasteiger charge is 2.20. The summed E-state index contributed by atoms with van der Waals surface area (Å²) in [4.78, 5) is 4.36. The van der Waals surface area contributed by atoms with E-state index in [1.807, 2.05) is 84.4 Å². The molecule has 5 aromatic rings. The molecule has 0 saturated carbocycles. The summed E-state index contributed by atoms with van der Waals surface area (Å²) >= 11 is 1.81. The van der Waals surface area contributed by atoms with Gasteiger partial charge in [-0.25, -0.2) is 4.98 Å². The maximum atomic E-state index is 9.91. The molecule has 0 spiro atoms. The first-order valence-electron chi connectivity index (χ1n) is 11.3. The maximum Gasteiger partial charge on any atom is 0.0998 e. The molecule has 168 valence electrons. The van der Waals surface area contributed by atoms with E-state index in [-0.39, 0.29) is 5.25 Å². The number of rotatable bonds is 6. The van der Waals surface area contributed by atoms with E-state index < -0.39 is 0 Å². The monoisotopic (exact) mass is 470 g/mol. The second-order valence-electron chi connectivity index (χ2n) is 8.37. The van der Waals surface area contributed by atoms with E-state index in [1.54, 1.807) is 0 Å². The van der Waals surface area contributed by atoms with Crippen molar-refractivity contribution < 1.29 is 0 Å². The Morgan fingerprint density at radius 1 is 0.886 bits per heavy atom. The summed E-state index contributed by atoms with van der Waals surface area (Å²) in [6.45, 7) is 0. The zero-order chi connectivity index (χ0) is 24.2. The van der Waals surface area contributed by atoms with Crippen LogP contribution < -0.4 is 0 Å². The first-order chi connectivity index (χ1) is 17.2. The van der Waals surface area contributed by atoms with E-state index in [1.165, 1.54) is 0 Å². The quantitative estimate of drug-likeness (QED) is 0.268. The van der Waals surface area contributed by atoms with Crippen molar-refractivity contribution in [1.82, 2.24) is 9.55 Å². The number of benzene rings is 4. The molecular formula is C30H22N4S. The second-order valence-corrected chi connectivity index (χ2v) is 9.47. The van der Waals surface area contributed by atoms with Gasteiger partial charge in [0.1, 0.15) is 0 Å². The molecule has 4 aromatic carbocycles. The summed E-state index contributed by atoms with van der Waals surface area (Å²) in [6.07, 6.45) is 3.73. The largest absolute Gasteiger partial charge is 0.336 e. The summed E-state index contributed by atoms with van der Waals surface area (Å²) in [6, 6.07) is 32.9. The number of thioether (sulfide) groups is 1. The van der Waals surface area contributed by atoms with Crippen molar-refractivity contribution in [2.45, 2.75) is 11.0 Å². The molecular weight excluding hydrogens is 448 g/mol. The lowest BCUT2D eigenvalue weighted by Gasteiger charge is -2.20. The summed E-state index contributed by atoms with van der Waals surface area (Å²) in [5, 5.41) is 21.3. The topological polar surface area (TPSA) is 65.4 Å². The van der Waals surface area contributed by atoms with Gasteiger partial charge in [0.25, 0.3) is 0 Å². The number of aryl methyl sites for hydroxylation is 1. The average molecular weight is 471 g/mol. The lowest BCUT2D eigenvalue weighted by molar-refractivity contribution is 0.837. The highest BCUT2D eigenvalue weighted by Crippen LogP contribution is 2.40. The number of imidazole rings is 1. The lowest BCUT2D eigenvalue weighted by atomic mass is 9.92. The van der Waals surface area contributed by atoms with Crippen LogP contribution in [0.4, 0.5) is 0 Å². The van der Waals surface area contributed by atoms with E-state index in [0.29, 0.717) is 11.1 Å². The maximum absolute atomic E-state index is 9.91. The van der Waals surface area contributed by atoms with Gasteiger partial charge in [0.2, 0.25) is 0 Å². The number of fused-ring (bicyclic) bond motifs is 1. The van der Waals surface area contributed by atoms with Gasteiger partial charge in [0.05, 0.1) is 40.5 Å². The third-order valence-corrected chi connectivity index (χ3v) is 7.52. The van der Waals surface area contributed by atoms with Crippen molar-refractivity contribution >= 4 is 22.5 Å². The zero-order valence-corrected chi connectivity index (χ0v) is 20.0. The second kappa shape index (κ2) is 9.89. The van der Waals surface area contributed by atoms with Gasteiger partial charge < -0.3 is 4.57 Å². The Balaban J connectivity index is 1.58. The van der Waals surface area contributed by atoms with Gasteiger partial charge in [-0.1, -0.05) is 60.7 Å². The zero-order valence-electron chi connectivity index (χ0n) is 19.2. The third kappa shape index (κ3) is 4.55. The number of hydrogen-bond acceptors (Lipinski definition) is 4. The molecule has 1 atom stereocenters. The van der Waals surface area contributed by atoms with Crippen molar-refractivity contribution in [3.63, 3.8) is 0 Å². The summed E-state index contributed by atoms with van der Waals surface area (Å²) in [5.41, 5.74) is 6.69. The first-order valence-corrected chi connectivity index (χ1v) is 12.3. The Labute approximate surface area is 209 Å². The molecule has 1 unspecified atom stereocenters. The molecule has 1 aromatic heterocycles. The van der Waals surface area contributed by atoms with Crippen molar-refractivity contribution in [3.05, 3.63) is 125 Å². The SMILES string of the molecule is Cn1cncc1C(SCc1ccc(C#N)cc1)c1ccc(C#N)c(-c2cccc3ccccc23)c1. The number of nitriles is 2. The summed E-state index contributed by atoms with van der Waals surface area (Å²) in [7, 11) is 2.01. The fraction of sp³-hybridized carbons (Fsp3) is 0.100. The summed E-state index contributed by atoms with van der Waals surface area (Å²) in [5.74, 6) is 0.783.